The number of allylic oxidation sites excluding steroid dienone is 1. The lowest BCUT2D eigenvalue weighted by Gasteiger charge is -2.27. The minimum Gasteiger partial charge on any atom is -0.497 e. The maximum absolute atomic E-state index is 13.4. The van der Waals surface area contributed by atoms with Gasteiger partial charge in [-0.05, 0) is 73.2 Å². The Morgan fingerprint density at radius 3 is 2.36 bits per heavy atom. The highest BCUT2D eigenvalue weighted by atomic mass is 16.5. The number of rotatable bonds is 9. The van der Waals surface area contributed by atoms with Gasteiger partial charge in [-0.1, -0.05) is 12.1 Å². The molecule has 2 N–H and O–H groups in total. The second kappa shape index (κ2) is 11.2. The van der Waals surface area contributed by atoms with Crippen LogP contribution in [0.1, 0.15) is 34.5 Å². The first kappa shape index (κ1) is 25.7. The molecule has 1 aromatic heterocycles. The number of hydrogen-bond acceptors (Lipinski definition) is 7. The first-order valence-electron chi connectivity index (χ1n) is 12.5. The van der Waals surface area contributed by atoms with Crippen LogP contribution in [0.15, 0.2) is 79.0 Å². The third kappa shape index (κ3) is 5.11. The van der Waals surface area contributed by atoms with Crippen LogP contribution in [0.2, 0.25) is 0 Å². The Labute approximate surface area is 227 Å². The fourth-order valence-corrected chi connectivity index (χ4v) is 4.57. The Morgan fingerprint density at radius 1 is 0.949 bits per heavy atom. The molecular formula is C30H30N4O5. The van der Waals surface area contributed by atoms with Crippen LogP contribution >= 0.6 is 0 Å². The number of nitrogens with zero attached hydrogens (tertiary/aromatic N) is 2. The van der Waals surface area contributed by atoms with Gasteiger partial charge in [-0.3, -0.25) is 4.79 Å². The first-order chi connectivity index (χ1) is 19.1. The maximum Gasteiger partial charge on any atom is 0.261 e. The minimum atomic E-state index is -0.379. The van der Waals surface area contributed by atoms with E-state index in [4.69, 9.17) is 18.9 Å². The fraction of sp³-hybridized carbons (Fsp3) is 0.200. The van der Waals surface area contributed by atoms with Gasteiger partial charge in [-0.15, -0.1) is 0 Å². The quantitative estimate of drug-likeness (QED) is 0.292. The van der Waals surface area contributed by atoms with Crippen LogP contribution in [-0.4, -0.2) is 43.6 Å². The number of amides is 1. The van der Waals surface area contributed by atoms with Crippen molar-refractivity contribution in [2.24, 2.45) is 0 Å². The largest absolute Gasteiger partial charge is 0.497 e. The van der Waals surface area contributed by atoms with Crippen molar-refractivity contribution in [2.45, 2.75) is 13.0 Å². The number of ether oxygens (including phenoxy) is 4. The summed E-state index contributed by atoms with van der Waals surface area (Å²) in [5, 5.41) is 11.0. The molecule has 39 heavy (non-hydrogen) atoms. The molecule has 200 valence electrons. The molecule has 5 rings (SSSR count). The van der Waals surface area contributed by atoms with Crippen LogP contribution < -0.4 is 29.6 Å². The third-order valence-corrected chi connectivity index (χ3v) is 6.46. The highest BCUT2D eigenvalue weighted by molar-refractivity contribution is 6.08. The average Bonchev–Trinajstić information content (AvgIpc) is 3.41. The van der Waals surface area contributed by atoms with E-state index in [1.54, 1.807) is 44.3 Å². The Morgan fingerprint density at radius 2 is 1.69 bits per heavy atom. The van der Waals surface area contributed by atoms with Crippen molar-refractivity contribution in [1.82, 2.24) is 9.78 Å². The van der Waals surface area contributed by atoms with E-state index in [1.807, 2.05) is 67.6 Å². The normalized spacial score (nSPS) is 13.9. The molecule has 1 amide bonds. The Balaban J connectivity index is 1.55. The molecule has 1 atom stereocenters. The smallest absolute Gasteiger partial charge is 0.261 e. The number of carbonyl (C=O) groups is 1. The molecule has 9 heteroatoms. The zero-order chi connectivity index (χ0) is 27.4. The van der Waals surface area contributed by atoms with Crippen LogP contribution in [0.5, 0.6) is 23.0 Å². The van der Waals surface area contributed by atoms with E-state index < -0.39 is 0 Å². The fourth-order valence-electron chi connectivity index (χ4n) is 4.57. The summed E-state index contributed by atoms with van der Waals surface area (Å²) in [6.45, 7) is 2.50. The highest BCUT2D eigenvalue weighted by Crippen LogP contribution is 2.42. The second-order valence-corrected chi connectivity index (χ2v) is 8.72. The summed E-state index contributed by atoms with van der Waals surface area (Å²) in [6.07, 6.45) is 3.62. The van der Waals surface area contributed by atoms with Crippen LogP contribution in [0, 0.1) is 0 Å². The van der Waals surface area contributed by atoms with Crippen LogP contribution in [0.25, 0.3) is 5.70 Å². The van der Waals surface area contributed by atoms with E-state index in [2.05, 4.69) is 15.7 Å². The summed E-state index contributed by atoms with van der Waals surface area (Å²) in [5.74, 6) is 2.96. The van der Waals surface area contributed by atoms with Gasteiger partial charge < -0.3 is 29.6 Å². The lowest BCUT2D eigenvalue weighted by atomic mass is 9.99. The second-order valence-electron chi connectivity index (χ2n) is 8.72. The van der Waals surface area contributed by atoms with Gasteiger partial charge in [0.15, 0.2) is 11.5 Å². The van der Waals surface area contributed by atoms with E-state index in [1.165, 1.54) is 0 Å². The topological polar surface area (TPSA) is 95.9 Å². The van der Waals surface area contributed by atoms with Gasteiger partial charge >= 0.3 is 0 Å². The number of anilines is 2. The van der Waals surface area contributed by atoms with Crippen LogP contribution in [-0.2, 0) is 0 Å². The van der Waals surface area contributed by atoms with Crippen molar-refractivity contribution in [2.75, 3.05) is 38.6 Å². The van der Waals surface area contributed by atoms with Gasteiger partial charge in [0.1, 0.15) is 28.9 Å². The zero-order valence-corrected chi connectivity index (χ0v) is 22.2. The lowest BCUT2D eigenvalue weighted by molar-refractivity contribution is 0.102. The molecule has 0 spiro atoms. The number of aromatic nitrogens is 2. The van der Waals surface area contributed by atoms with E-state index in [-0.39, 0.29) is 11.9 Å². The number of para-hydroxylation sites is 1. The molecular weight excluding hydrogens is 496 g/mol. The number of hydrogen-bond donors (Lipinski definition) is 2. The summed E-state index contributed by atoms with van der Waals surface area (Å²) in [5.41, 5.74) is 3.63. The van der Waals surface area contributed by atoms with Crippen molar-refractivity contribution in [1.29, 1.82) is 0 Å². The monoisotopic (exact) mass is 526 g/mol. The van der Waals surface area contributed by atoms with Crippen molar-refractivity contribution in [3.63, 3.8) is 0 Å². The lowest BCUT2D eigenvalue weighted by Crippen LogP contribution is -2.22. The summed E-state index contributed by atoms with van der Waals surface area (Å²) in [4.78, 5) is 13.4. The molecule has 0 saturated carbocycles. The predicted molar refractivity (Wildman–Crippen MR) is 150 cm³/mol. The van der Waals surface area contributed by atoms with E-state index in [0.29, 0.717) is 35.2 Å². The van der Waals surface area contributed by atoms with Crippen molar-refractivity contribution < 1.29 is 23.7 Å². The molecule has 0 saturated heterocycles. The van der Waals surface area contributed by atoms with E-state index in [9.17, 15) is 4.79 Å². The van der Waals surface area contributed by atoms with Gasteiger partial charge in [0, 0.05) is 16.9 Å². The van der Waals surface area contributed by atoms with Crippen LogP contribution in [0.4, 0.5) is 11.5 Å². The Hall–Kier alpha value is -4.92. The molecule has 1 aliphatic heterocycles. The summed E-state index contributed by atoms with van der Waals surface area (Å²) < 4.78 is 23.9. The maximum atomic E-state index is 13.4. The van der Waals surface area contributed by atoms with Crippen molar-refractivity contribution in [3.8, 4) is 23.0 Å². The predicted octanol–water partition coefficient (Wildman–Crippen LogP) is 5.62. The van der Waals surface area contributed by atoms with Crippen molar-refractivity contribution >= 4 is 23.1 Å². The van der Waals surface area contributed by atoms with E-state index in [0.717, 1.165) is 28.3 Å². The number of methoxy groups -OCH3 is 3. The molecule has 0 bridgehead atoms. The minimum absolute atomic E-state index is 0.291. The van der Waals surface area contributed by atoms with Gasteiger partial charge in [-0.2, -0.15) is 5.10 Å². The first-order valence-corrected chi connectivity index (χ1v) is 12.5. The molecule has 2 heterocycles. The van der Waals surface area contributed by atoms with Gasteiger partial charge in [0.05, 0.1) is 34.1 Å². The molecule has 4 aromatic rings. The number of nitrogens with one attached hydrogen (secondary N) is 2. The Kier molecular flexibility index (Phi) is 7.40. The molecule has 3 aromatic carbocycles. The average molecular weight is 527 g/mol. The number of carbonyl (C=O) groups excluding carboxylic acids is 1. The summed E-state index contributed by atoms with van der Waals surface area (Å²) in [6, 6.07) is 20.3. The highest BCUT2D eigenvalue weighted by Gasteiger charge is 2.30. The number of fused-ring (bicyclic) bond motifs is 1. The van der Waals surface area contributed by atoms with Crippen molar-refractivity contribution in [3.05, 3.63) is 95.7 Å². The Bertz CT molecular complexity index is 1490. The molecule has 9 nitrogen and oxygen atoms in total. The third-order valence-electron chi connectivity index (χ3n) is 6.46. The molecule has 0 fully saturated rings. The standard InChI is InChI=1S/C30H30N4O5/c1-5-39-22-15-11-20(12-16-22)32-30(35)24-18-31-34-26(23-7-6-8-27(37-3)28(23)38-4)17-25(33-29(24)34)19-9-13-21(36-2)14-10-19/h6-18,26,33H,5H2,1-4H3,(H,32,35). The van der Waals surface area contributed by atoms with Crippen LogP contribution in [0.3, 0.4) is 0 Å². The molecule has 0 aliphatic carbocycles. The summed E-state index contributed by atoms with van der Waals surface area (Å²) >= 11 is 0. The number of benzene rings is 3. The van der Waals surface area contributed by atoms with Gasteiger partial charge in [0.25, 0.3) is 5.91 Å². The van der Waals surface area contributed by atoms with Gasteiger partial charge in [0.2, 0.25) is 0 Å². The van der Waals surface area contributed by atoms with E-state index >= 15 is 0 Å². The van der Waals surface area contributed by atoms with Gasteiger partial charge in [-0.25, -0.2) is 4.68 Å². The molecule has 1 aliphatic rings. The SMILES string of the molecule is CCOc1ccc(NC(=O)c2cnn3c2NC(c2ccc(OC)cc2)=CC3c2cccc(OC)c2OC)cc1. The molecule has 1 unspecified atom stereocenters. The molecule has 0 radical (unpaired) electrons. The summed E-state index contributed by atoms with van der Waals surface area (Å²) in [7, 11) is 4.84. The zero-order valence-electron chi connectivity index (χ0n) is 22.2.